The fraction of sp³-hybridized carbons (Fsp3) is 0.619. The van der Waals surface area contributed by atoms with Crippen LogP contribution in [0.5, 0.6) is 0 Å². The summed E-state index contributed by atoms with van der Waals surface area (Å²) in [5, 5.41) is 0. The van der Waals surface area contributed by atoms with Crippen LogP contribution in [-0.2, 0) is 11.2 Å². The standard InChI is InChI=1S/C21H28F2N2O2/c1-5-27-20(26)16-10-14(4)25-17(19(13(2)3)24-18(25)12-16)11-15-6-8-21(22,23)9-7-15/h10,12-13,15H,5-9,11H2,1-4H3. The zero-order chi connectivity index (χ0) is 19.8. The van der Waals surface area contributed by atoms with Crippen molar-refractivity contribution in [3.05, 3.63) is 34.8 Å². The molecule has 1 aliphatic rings. The molecule has 0 radical (unpaired) electrons. The lowest BCUT2D eigenvalue weighted by Gasteiger charge is -2.28. The summed E-state index contributed by atoms with van der Waals surface area (Å²) in [4.78, 5) is 16.9. The molecule has 0 aromatic carbocycles. The highest BCUT2D eigenvalue weighted by Crippen LogP contribution is 2.38. The van der Waals surface area contributed by atoms with Crippen LogP contribution in [-0.4, -0.2) is 27.9 Å². The summed E-state index contributed by atoms with van der Waals surface area (Å²) >= 11 is 0. The van der Waals surface area contributed by atoms with E-state index < -0.39 is 5.92 Å². The van der Waals surface area contributed by atoms with E-state index in [1.54, 1.807) is 13.0 Å². The number of carbonyl (C=O) groups is 1. The Bertz CT molecular complexity index is 832. The topological polar surface area (TPSA) is 43.6 Å². The molecule has 0 bridgehead atoms. The molecule has 1 fully saturated rings. The van der Waals surface area contributed by atoms with E-state index >= 15 is 0 Å². The molecule has 2 heterocycles. The lowest BCUT2D eigenvalue weighted by atomic mass is 9.83. The van der Waals surface area contributed by atoms with Gasteiger partial charge < -0.3 is 9.14 Å². The summed E-state index contributed by atoms with van der Waals surface area (Å²) in [6.07, 6.45) is 1.76. The third-order valence-electron chi connectivity index (χ3n) is 5.41. The predicted molar refractivity (Wildman–Crippen MR) is 101 cm³/mol. The fourth-order valence-corrected chi connectivity index (χ4v) is 4.02. The molecular weight excluding hydrogens is 350 g/mol. The maximum atomic E-state index is 13.5. The van der Waals surface area contributed by atoms with Crippen molar-refractivity contribution in [1.29, 1.82) is 0 Å². The molecule has 1 saturated carbocycles. The number of aromatic nitrogens is 2. The molecule has 6 heteroatoms. The van der Waals surface area contributed by atoms with E-state index in [9.17, 15) is 13.6 Å². The quantitative estimate of drug-likeness (QED) is 0.662. The van der Waals surface area contributed by atoms with Crippen LogP contribution in [0.1, 0.15) is 79.8 Å². The number of aryl methyl sites for hydroxylation is 1. The number of pyridine rings is 1. The van der Waals surface area contributed by atoms with E-state index in [1.165, 1.54) is 0 Å². The summed E-state index contributed by atoms with van der Waals surface area (Å²) in [6, 6.07) is 3.57. The van der Waals surface area contributed by atoms with Gasteiger partial charge in [-0.15, -0.1) is 0 Å². The average molecular weight is 378 g/mol. The number of alkyl halides is 2. The number of halogens is 2. The van der Waals surface area contributed by atoms with Crippen molar-refractivity contribution >= 4 is 11.6 Å². The summed E-state index contributed by atoms with van der Waals surface area (Å²) in [7, 11) is 0. The van der Waals surface area contributed by atoms with Gasteiger partial charge in [0.2, 0.25) is 5.92 Å². The molecule has 0 N–H and O–H groups in total. The van der Waals surface area contributed by atoms with Crippen molar-refractivity contribution in [1.82, 2.24) is 9.38 Å². The van der Waals surface area contributed by atoms with Gasteiger partial charge in [-0.1, -0.05) is 13.8 Å². The number of hydrogen-bond acceptors (Lipinski definition) is 3. The molecule has 4 nitrogen and oxygen atoms in total. The molecule has 2 aromatic rings. The summed E-state index contributed by atoms with van der Waals surface area (Å²) in [6.45, 7) is 8.22. The van der Waals surface area contributed by atoms with Gasteiger partial charge in [0.05, 0.1) is 17.9 Å². The van der Waals surface area contributed by atoms with Gasteiger partial charge in [0.1, 0.15) is 5.65 Å². The third kappa shape index (κ3) is 4.14. The largest absolute Gasteiger partial charge is 0.462 e. The van der Waals surface area contributed by atoms with Crippen LogP contribution in [0.3, 0.4) is 0 Å². The molecule has 0 atom stereocenters. The number of ether oxygens (including phenoxy) is 1. The number of esters is 1. The first-order valence-electron chi connectivity index (χ1n) is 9.78. The minimum Gasteiger partial charge on any atom is -0.462 e. The van der Waals surface area contributed by atoms with Crippen LogP contribution in [0.4, 0.5) is 8.78 Å². The molecule has 0 spiro atoms. The monoisotopic (exact) mass is 378 g/mol. The molecule has 1 aliphatic carbocycles. The van der Waals surface area contributed by atoms with E-state index in [4.69, 9.17) is 9.72 Å². The van der Waals surface area contributed by atoms with Gasteiger partial charge in [-0.05, 0) is 57.1 Å². The number of nitrogens with zero attached hydrogens (tertiary/aromatic N) is 2. The minimum atomic E-state index is -2.51. The summed E-state index contributed by atoms with van der Waals surface area (Å²) < 4.78 is 34.2. The van der Waals surface area contributed by atoms with Crippen LogP contribution in [0.15, 0.2) is 12.1 Å². The molecule has 0 unspecified atom stereocenters. The number of imidazole rings is 1. The third-order valence-corrected chi connectivity index (χ3v) is 5.41. The predicted octanol–water partition coefficient (Wildman–Crippen LogP) is 5.31. The highest BCUT2D eigenvalue weighted by molar-refractivity contribution is 5.90. The highest BCUT2D eigenvalue weighted by Gasteiger charge is 2.35. The minimum absolute atomic E-state index is 0.0304. The molecule has 0 saturated heterocycles. The van der Waals surface area contributed by atoms with E-state index in [-0.39, 0.29) is 30.6 Å². The Morgan fingerprint density at radius 1 is 1.33 bits per heavy atom. The van der Waals surface area contributed by atoms with Crippen molar-refractivity contribution in [2.45, 2.75) is 71.6 Å². The average Bonchev–Trinajstić information content (AvgIpc) is 2.96. The van der Waals surface area contributed by atoms with Crippen LogP contribution in [0, 0.1) is 12.8 Å². The lowest BCUT2D eigenvalue weighted by molar-refractivity contribution is -0.0457. The van der Waals surface area contributed by atoms with Crippen molar-refractivity contribution in [2.24, 2.45) is 5.92 Å². The van der Waals surface area contributed by atoms with Gasteiger partial charge >= 0.3 is 5.97 Å². The number of fused-ring (bicyclic) bond motifs is 1. The fourth-order valence-electron chi connectivity index (χ4n) is 4.02. The van der Waals surface area contributed by atoms with Crippen molar-refractivity contribution in [3.8, 4) is 0 Å². The van der Waals surface area contributed by atoms with Gasteiger partial charge in [-0.2, -0.15) is 0 Å². The molecular formula is C21H28F2N2O2. The summed E-state index contributed by atoms with van der Waals surface area (Å²) in [5.41, 5.74) is 4.19. The second kappa shape index (κ2) is 7.56. The van der Waals surface area contributed by atoms with Gasteiger partial charge in [-0.3, -0.25) is 0 Å². The number of carbonyl (C=O) groups excluding carboxylic acids is 1. The van der Waals surface area contributed by atoms with E-state index in [0.29, 0.717) is 25.0 Å². The Morgan fingerprint density at radius 3 is 2.59 bits per heavy atom. The smallest absolute Gasteiger partial charge is 0.338 e. The van der Waals surface area contributed by atoms with E-state index in [0.717, 1.165) is 29.1 Å². The number of hydrogen-bond donors (Lipinski definition) is 0. The Kier molecular flexibility index (Phi) is 5.54. The first-order chi connectivity index (χ1) is 12.7. The zero-order valence-electron chi connectivity index (χ0n) is 16.5. The SMILES string of the molecule is CCOC(=O)c1cc(C)n2c(CC3CCC(F)(F)CC3)c(C(C)C)nc2c1. The first kappa shape index (κ1) is 19.8. The highest BCUT2D eigenvalue weighted by atomic mass is 19.3. The van der Waals surface area contributed by atoms with Gasteiger partial charge in [-0.25, -0.2) is 18.6 Å². The lowest BCUT2D eigenvalue weighted by Crippen LogP contribution is -2.26. The van der Waals surface area contributed by atoms with Crippen molar-refractivity contribution in [2.75, 3.05) is 6.61 Å². The molecule has 0 amide bonds. The normalized spacial score (nSPS) is 17.6. The Hall–Kier alpha value is -1.98. The van der Waals surface area contributed by atoms with E-state index in [1.807, 2.05) is 13.0 Å². The van der Waals surface area contributed by atoms with Crippen molar-refractivity contribution < 1.29 is 18.3 Å². The van der Waals surface area contributed by atoms with Crippen LogP contribution in [0.25, 0.3) is 5.65 Å². The Labute approximate surface area is 158 Å². The molecule has 148 valence electrons. The number of rotatable bonds is 5. The molecule has 0 aliphatic heterocycles. The van der Waals surface area contributed by atoms with Crippen LogP contribution >= 0.6 is 0 Å². The maximum absolute atomic E-state index is 13.5. The second-order valence-corrected chi connectivity index (χ2v) is 7.90. The zero-order valence-corrected chi connectivity index (χ0v) is 16.5. The molecule has 2 aromatic heterocycles. The molecule has 3 rings (SSSR count). The summed E-state index contributed by atoms with van der Waals surface area (Å²) in [5.74, 6) is -2.41. The maximum Gasteiger partial charge on any atom is 0.338 e. The second-order valence-electron chi connectivity index (χ2n) is 7.90. The van der Waals surface area contributed by atoms with Gasteiger partial charge in [0.25, 0.3) is 0 Å². The molecule has 27 heavy (non-hydrogen) atoms. The van der Waals surface area contributed by atoms with Gasteiger partial charge in [0.15, 0.2) is 0 Å². The van der Waals surface area contributed by atoms with Gasteiger partial charge in [0, 0.05) is 24.2 Å². The first-order valence-corrected chi connectivity index (χ1v) is 9.78. The van der Waals surface area contributed by atoms with E-state index in [2.05, 4.69) is 18.2 Å². The Balaban J connectivity index is 1.98. The van der Waals surface area contributed by atoms with Crippen LogP contribution in [0.2, 0.25) is 0 Å². The van der Waals surface area contributed by atoms with Crippen molar-refractivity contribution in [3.63, 3.8) is 0 Å². The Morgan fingerprint density at radius 2 is 2.00 bits per heavy atom. The van der Waals surface area contributed by atoms with Crippen LogP contribution < -0.4 is 0 Å².